The number of anilines is 5. The molecule has 2 fully saturated rings. The van der Waals surface area contributed by atoms with Gasteiger partial charge in [-0.1, -0.05) is 18.2 Å². The minimum atomic E-state index is -0.842. The van der Waals surface area contributed by atoms with Crippen molar-refractivity contribution in [2.45, 2.75) is 32.1 Å². The first-order valence-corrected chi connectivity index (χ1v) is 13.2. The molecule has 0 spiro atoms. The lowest BCUT2D eigenvalue weighted by Crippen LogP contribution is -2.32. The van der Waals surface area contributed by atoms with Crippen molar-refractivity contribution in [2.24, 2.45) is 0 Å². The predicted molar refractivity (Wildman–Crippen MR) is 149 cm³/mol. The van der Waals surface area contributed by atoms with Crippen molar-refractivity contribution in [1.82, 2.24) is 19.9 Å². The van der Waals surface area contributed by atoms with Gasteiger partial charge in [0.25, 0.3) is 11.7 Å². The van der Waals surface area contributed by atoms with Crippen molar-refractivity contribution in [3.8, 4) is 5.75 Å². The fourth-order valence-electron chi connectivity index (χ4n) is 4.96. The van der Waals surface area contributed by atoms with Gasteiger partial charge in [0.05, 0.1) is 17.8 Å². The Morgan fingerprint density at radius 1 is 0.923 bits per heavy atom. The van der Waals surface area contributed by atoms with Gasteiger partial charge in [0.1, 0.15) is 5.75 Å². The van der Waals surface area contributed by atoms with E-state index in [0.29, 0.717) is 28.9 Å². The summed E-state index contributed by atoms with van der Waals surface area (Å²) in [5, 5.41) is 17.0. The van der Waals surface area contributed by atoms with E-state index < -0.39 is 11.7 Å². The lowest BCUT2D eigenvalue weighted by molar-refractivity contribution is -0.112. The van der Waals surface area contributed by atoms with E-state index in [4.69, 9.17) is 4.98 Å². The van der Waals surface area contributed by atoms with Gasteiger partial charge in [-0.25, -0.2) is 0 Å². The summed E-state index contributed by atoms with van der Waals surface area (Å²) in [4.78, 5) is 46.7. The van der Waals surface area contributed by atoms with Crippen LogP contribution in [0.5, 0.6) is 5.75 Å². The zero-order chi connectivity index (χ0) is 26.8. The highest BCUT2D eigenvalue weighted by Crippen LogP contribution is 2.30. The highest BCUT2D eigenvalue weighted by Gasteiger charge is 2.23. The number of hydrogen-bond donors (Lipinski definition) is 4. The summed E-state index contributed by atoms with van der Waals surface area (Å²) in [7, 11) is 0. The molecule has 0 aliphatic carbocycles. The molecule has 4 N–H and O–H groups in total. The fraction of sp³-hybridized carbons (Fsp3) is 0.286. The van der Waals surface area contributed by atoms with Crippen LogP contribution in [0.25, 0.3) is 10.9 Å². The van der Waals surface area contributed by atoms with E-state index in [0.717, 1.165) is 50.8 Å². The summed E-state index contributed by atoms with van der Waals surface area (Å²) >= 11 is 0. The molecule has 11 nitrogen and oxygen atoms in total. The smallest absolute Gasteiger partial charge is 0.296 e. The van der Waals surface area contributed by atoms with Crippen LogP contribution in [0.4, 0.5) is 29.2 Å². The molecule has 0 unspecified atom stereocenters. The second-order valence-corrected chi connectivity index (χ2v) is 9.71. The molecule has 39 heavy (non-hydrogen) atoms. The SMILES string of the molecule is O=C(Nc1ccc(Nc2nc(N3[CH]CCC3)nc(N3CCCCC3)n2)cc1O)C(=O)c1c[nH]c2ccccc12. The molecule has 6 rings (SSSR count). The van der Waals surface area contributed by atoms with Gasteiger partial charge in [-0.3, -0.25) is 9.59 Å². The number of aromatic hydroxyl groups is 1. The van der Waals surface area contributed by atoms with Crippen molar-refractivity contribution < 1.29 is 14.7 Å². The molecule has 11 heteroatoms. The molecular formula is C28H29N8O3. The van der Waals surface area contributed by atoms with Crippen LogP contribution in [-0.2, 0) is 4.79 Å². The Kier molecular flexibility index (Phi) is 6.70. The number of nitrogens with zero attached hydrogens (tertiary/aromatic N) is 5. The first-order chi connectivity index (χ1) is 19.0. The van der Waals surface area contributed by atoms with Gasteiger partial charge < -0.3 is 30.5 Å². The van der Waals surface area contributed by atoms with E-state index in [1.165, 1.54) is 24.8 Å². The molecule has 2 saturated heterocycles. The van der Waals surface area contributed by atoms with E-state index in [2.05, 4.69) is 37.0 Å². The second-order valence-electron chi connectivity index (χ2n) is 9.71. The summed E-state index contributed by atoms with van der Waals surface area (Å²) in [6.07, 6.45) is 6.96. The Balaban J connectivity index is 1.19. The average molecular weight is 526 g/mol. The van der Waals surface area contributed by atoms with E-state index >= 15 is 0 Å². The van der Waals surface area contributed by atoms with Gasteiger partial charge in [-0.2, -0.15) is 15.0 Å². The van der Waals surface area contributed by atoms with Gasteiger partial charge in [0, 0.05) is 48.5 Å². The third-order valence-corrected chi connectivity index (χ3v) is 7.00. The first-order valence-electron chi connectivity index (χ1n) is 13.2. The normalized spacial score (nSPS) is 15.5. The van der Waals surface area contributed by atoms with E-state index in [1.807, 2.05) is 17.0 Å². The maximum Gasteiger partial charge on any atom is 0.296 e. The Hall–Kier alpha value is -4.67. The van der Waals surface area contributed by atoms with Crippen molar-refractivity contribution in [1.29, 1.82) is 0 Å². The number of fused-ring (bicyclic) bond motifs is 1. The number of para-hydroxylation sites is 1. The number of ketones is 1. The molecule has 199 valence electrons. The quantitative estimate of drug-likeness (QED) is 0.157. The third kappa shape index (κ3) is 5.20. The van der Waals surface area contributed by atoms with Gasteiger partial charge in [0.15, 0.2) is 0 Å². The standard InChI is InChI=1S/C28H29N8O3/c37-23-16-18(10-11-22(23)31-25(39)24(38)20-17-29-21-9-3-2-8-19(20)21)30-26-32-27(35-12-4-1-5-13-35)34-28(33-26)36-14-6-7-15-36/h2-3,8-11,14,16-17,29,37H,1,4-7,12-13,15H2,(H,31,39)(H,30,32,33,34). The number of piperidine rings is 1. The summed E-state index contributed by atoms with van der Waals surface area (Å²) < 4.78 is 0. The van der Waals surface area contributed by atoms with Crippen molar-refractivity contribution in [3.05, 3.63) is 60.8 Å². The topological polar surface area (TPSA) is 139 Å². The van der Waals surface area contributed by atoms with Crippen LogP contribution in [0.15, 0.2) is 48.7 Å². The van der Waals surface area contributed by atoms with Gasteiger partial charge in [0.2, 0.25) is 17.8 Å². The molecule has 4 aromatic rings. The molecule has 0 atom stereocenters. The number of Topliss-reactive ketones (excluding diaryl/α,β-unsaturated/α-hetero) is 1. The molecule has 4 heterocycles. The van der Waals surface area contributed by atoms with Crippen LogP contribution in [0.2, 0.25) is 0 Å². The van der Waals surface area contributed by atoms with Gasteiger partial charge in [-0.15, -0.1) is 0 Å². The van der Waals surface area contributed by atoms with E-state index in [1.54, 1.807) is 18.2 Å². The maximum atomic E-state index is 12.8. The number of nitrogens with one attached hydrogen (secondary N) is 3. The van der Waals surface area contributed by atoms with Crippen LogP contribution in [-0.4, -0.2) is 56.4 Å². The Morgan fingerprint density at radius 3 is 2.54 bits per heavy atom. The van der Waals surface area contributed by atoms with E-state index in [9.17, 15) is 14.7 Å². The number of carbonyl (C=O) groups excluding carboxylic acids is 2. The number of hydrogen-bond acceptors (Lipinski definition) is 9. The predicted octanol–water partition coefficient (Wildman–Crippen LogP) is 4.38. The molecule has 1 radical (unpaired) electrons. The molecular weight excluding hydrogens is 496 g/mol. The number of H-pyrrole nitrogens is 1. The number of rotatable bonds is 7. The largest absolute Gasteiger partial charge is 0.506 e. The highest BCUT2D eigenvalue weighted by atomic mass is 16.3. The number of amides is 1. The molecule has 2 aromatic carbocycles. The monoisotopic (exact) mass is 525 g/mol. The van der Waals surface area contributed by atoms with Crippen LogP contribution in [0, 0.1) is 6.54 Å². The lowest BCUT2D eigenvalue weighted by atomic mass is 10.1. The molecule has 0 saturated carbocycles. The van der Waals surface area contributed by atoms with Crippen molar-refractivity contribution >= 4 is 51.8 Å². The van der Waals surface area contributed by atoms with Gasteiger partial charge in [-0.05, 0) is 50.3 Å². The van der Waals surface area contributed by atoms with Crippen molar-refractivity contribution in [2.75, 3.05) is 40.1 Å². The fourth-order valence-corrected chi connectivity index (χ4v) is 4.96. The van der Waals surface area contributed by atoms with E-state index in [-0.39, 0.29) is 17.0 Å². The molecule has 2 aliphatic rings. The number of carbonyl (C=O) groups is 2. The lowest BCUT2D eigenvalue weighted by Gasteiger charge is -2.27. The van der Waals surface area contributed by atoms with Gasteiger partial charge >= 0.3 is 0 Å². The number of aromatic amines is 1. The maximum absolute atomic E-state index is 12.8. The second kappa shape index (κ2) is 10.6. The summed E-state index contributed by atoms with van der Waals surface area (Å²) in [5.41, 5.74) is 1.68. The Labute approximate surface area is 225 Å². The number of aromatic nitrogens is 4. The first kappa shape index (κ1) is 24.7. The van der Waals surface area contributed by atoms with Crippen LogP contribution < -0.4 is 20.4 Å². The summed E-state index contributed by atoms with van der Waals surface area (Å²) in [6, 6.07) is 11.9. The van der Waals surface area contributed by atoms with Crippen LogP contribution in [0.3, 0.4) is 0 Å². The third-order valence-electron chi connectivity index (χ3n) is 7.00. The minimum Gasteiger partial charge on any atom is -0.506 e. The summed E-state index contributed by atoms with van der Waals surface area (Å²) in [5.74, 6) is -0.146. The number of benzene rings is 2. The Bertz CT molecular complexity index is 1520. The molecule has 0 bridgehead atoms. The molecule has 1 amide bonds. The zero-order valence-electron chi connectivity index (χ0n) is 21.4. The zero-order valence-corrected chi connectivity index (χ0v) is 21.4. The molecule has 2 aromatic heterocycles. The van der Waals surface area contributed by atoms with Crippen LogP contribution in [0.1, 0.15) is 42.5 Å². The number of phenolic OH excluding ortho intramolecular Hbond substituents is 1. The van der Waals surface area contributed by atoms with Crippen molar-refractivity contribution in [3.63, 3.8) is 0 Å². The minimum absolute atomic E-state index is 0.121. The average Bonchev–Trinajstić information content (AvgIpc) is 3.65. The highest BCUT2D eigenvalue weighted by molar-refractivity contribution is 6.48. The van der Waals surface area contributed by atoms with Crippen LogP contribution >= 0.6 is 0 Å². The summed E-state index contributed by atoms with van der Waals surface area (Å²) in [6.45, 7) is 4.76. The molecule has 2 aliphatic heterocycles. The number of phenols is 1. The Morgan fingerprint density at radius 2 is 1.74 bits per heavy atom.